The fraction of sp³-hybridized carbons (Fsp3) is 0. The molecule has 1 aromatic carbocycles. The zero-order chi connectivity index (χ0) is 5.82. The van der Waals surface area contributed by atoms with E-state index in [1.54, 1.807) is 0 Å². The van der Waals surface area contributed by atoms with Crippen molar-refractivity contribution in [2.45, 2.75) is 0 Å². The van der Waals surface area contributed by atoms with Crippen LogP contribution in [0.4, 0.5) is 0 Å². The van der Waals surface area contributed by atoms with E-state index in [1.165, 1.54) is 0 Å². The average molecular weight is 141 g/mol. The van der Waals surface area contributed by atoms with Crippen molar-refractivity contribution in [1.29, 1.82) is 0 Å². The SMILES string of the molecule is [C]#Cc1ccccc1.[KH]. The molecule has 39 valence electrons. The molecule has 0 amide bonds. The summed E-state index contributed by atoms with van der Waals surface area (Å²) < 4.78 is 0. The van der Waals surface area contributed by atoms with Crippen molar-refractivity contribution < 1.29 is 0 Å². The Labute approximate surface area is 98.1 Å². The molecule has 1 radical (unpaired) electrons. The first-order chi connectivity index (χ1) is 3.93. The summed E-state index contributed by atoms with van der Waals surface area (Å²) >= 11 is 0. The second-order valence-corrected chi connectivity index (χ2v) is 1.49. The Morgan fingerprint density at radius 1 is 1.11 bits per heavy atom. The van der Waals surface area contributed by atoms with Gasteiger partial charge in [0.1, 0.15) is 0 Å². The van der Waals surface area contributed by atoms with Crippen LogP contribution in [0.5, 0.6) is 0 Å². The molecule has 1 heteroatoms. The summed E-state index contributed by atoms with van der Waals surface area (Å²) in [7, 11) is 0. The first-order valence-electron chi connectivity index (χ1n) is 2.41. The van der Waals surface area contributed by atoms with Crippen molar-refractivity contribution in [3.8, 4) is 5.92 Å². The summed E-state index contributed by atoms with van der Waals surface area (Å²) in [5.74, 6) is 2.28. The zero-order valence-electron chi connectivity index (χ0n) is 4.39. The van der Waals surface area contributed by atoms with E-state index in [0.717, 1.165) is 5.56 Å². The monoisotopic (exact) mass is 141 g/mol. The molecule has 0 atom stereocenters. The fourth-order valence-corrected chi connectivity index (χ4v) is 0.521. The molecule has 0 N–H and O–H groups in total. The summed E-state index contributed by atoms with van der Waals surface area (Å²) in [4.78, 5) is 0. The van der Waals surface area contributed by atoms with Gasteiger partial charge in [0.2, 0.25) is 0 Å². The van der Waals surface area contributed by atoms with E-state index >= 15 is 0 Å². The van der Waals surface area contributed by atoms with E-state index < -0.39 is 0 Å². The van der Waals surface area contributed by atoms with Crippen LogP contribution in [0.15, 0.2) is 30.3 Å². The molecule has 0 bridgehead atoms. The summed E-state index contributed by atoms with van der Waals surface area (Å²) in [5.41, 5.74) is 0.826. The number of hydrogen-bond acceptors (Lipinski definition) is 0. The molecule has 0 fully saturated rings. The average Bonchev–Trinajstić information content (AvgIpc) is 1.90. The minimum atomic E-state index is 0. The van der Waals surface area contributed by atoms with E-state index in [0.29, 0.717) is 0 Å². The zero-order valence-corrected chi connectivity index (χ0v) is 4.39. The van der Waals surface area contributed by atoms with Gasteiger partial charge < -0.3 is 0 Å². The second-order valence-electron chi connectivity index (χ2n) is 1.49. The molecule has 0 saturated carbocycles. The molecule has 0 aliphatic heterocycles. The Hall–Kier alpha value is 0.416. The molecule has 0 nitrogen and oxygen atoms in total. The fourth-order valence-electron chi connectivity index (χ4n) is 0.521. The van der Waals surface area contributed by atoms with Crippen molar-refractivity contribution in [2.24, 2.45) is 0 Å². The minimum absolute atomic E-state index is 0. The topological polar surface area (TPSA) is 0 Å². The van der Waals surface area contributed by atoms with E-state index in [2.05, 4.69) is 5.92 Å². The van der Waals surface area contributed by atoms with Gasteiger partial charge in [-0.25, -0.2) is 0 Å². The molecule has 0 aromatic heterocycles. The van der Waals surface area contributed by atoms with Crippen molar-refractivity contribution in [1.82, 2.24) is 0 Å². The molecular weight excluding hydrogens is 135 g/mol. The normalized spacial score (nSPS) is 7.00. The molecule has 0 aliphatic rings. The van der Waals surface area contributed by atoms with Gasteiger partial charge in [0.25, 0.3) is 0 Å². The maximum atomic E-state index is 6.69. The van der Waals surface area contributed by atoms with Crippen LogP contribution in [-0.4, -0.2) is 51.4 Å². The Morgan fingerprint density at radius 2 is 1.67 bits per heavy atom. The number of rotatable bonds is 0. The molecule has 9 heavy (non-hydrogen) atoms. The number of hydrogen-bond donors (Lipinski definition) is 0. The van der Waals surface area contributed by atoms with Crippen LogP contribution in [-0.2, 0) is 0 Å². The van der Waals surface area contributed by atoms with Gasteiger partial charge in [-0.2, -0.15) is 0 Å². The van der Waals surface area contributed by atoms with Gasteiger partial charge in [0.05, 0.1) is 0 Å². The van der Waals surface area contributed by atoms with E-state index in [1.807, 2.05) is 30.3 Å². The van der Waals surface area contributed by atoms with Crippen LogP contribution in [0.3, 0.4) is 0 Å². The molecular formula is C8H6K. The van der Waals surface area contributed by atoms with Gasteiger partial charge in [-0.05, 0) is 18.6 Å². The Kier molecular flexibility index (Phi) is 5.46. The first-order valence-corrected chi connectivity index (χ1v) is 2.41. The summed E-state index contributed by atoms with van der Waals surface area (Å²) in [6.45, 7) is 0. The second kappa shape index (κ2) is 5.22. The molecule has 1 rings (SSSR count). The van der Waals surface area contributed by atoms with Crippen LogP contribution < -0.4 is 0 Å². The summed E-state index contributed by atoms with van der Waals surface area (Å²) in [5, 5.41) is 0. The predicted molar refractivity (Wildman–Crippen MR) is 39.8 cm³/mol. The Morgan fingerprint density at radius 3 is 2.00 bits per heavy atom. The summed E-state index contributed by atoms with van der Waals surface area (Å²) in [6.07, 6.45) is 6.69. The quantitative estimate of drug-likeness (QED) is 0.373. The third-order valence-electron chi connectivity index (χ3n) is 0.918. The third-order valence-corrected chi connectivity index (χ3v) is 0.918. The van der Waals surface area contributed by atoms with Crippen LogP contribution in [0.1, 0.15) is 5.56 Å². The van der Waals surface area contributed by atoms with Crippen molar-refractivity contribution in [3.63, 3.8) is 0 Å². The van der Waals surface area contributed by atoms with Crippen molar-refractivity contribution in [2.75, 3.05) is 0 Å². The van der Waals surface area contributed by atoms with E-state index in [9.17, 15) is 0 Å². The summed E-state index contributed by atoms with van der Waals surface area (Å²) in [6, 6.07) is 9.37. The predicted octanol–water partition coefficient (Wildman–Crippen LogP) is 0.976. The molecule has 0 saturated heterocycles. The molecule has 0 spiro atoms. The Balaban J connectivity index is 0.000000640. The van der Waals surface area contributed by atoms with Gasteiger partial charge >= 0.3 is 51.4 Å². The van der Waals surface area contributed by atoms with Crippen molar-refractivity contribution >= 4 is 51.4 Å². The van der Waals surface area contributed by atoms with Gasteiger partial charge in [-0.15, -0.1) is 0 Å². The molecule has 0 unspecified atom stereocenters. The first kappa shape index (κ1) is 9.42. The molecule has 0 heterocycles. The van der Waals surface area contributed by atoms with Gasteiger partial charge in [-0.1, -0.05) is 24.1 Å². The molecule has 1 aromatic rings. The van der Waals surface area contributed by atoms with E-state index in [-0.39, 0.29) is 51.4 Å². The van der Waals surface area contributed by atoms with Crippen LogP contribution >= 0.6 is 0 Å². The standard InChI is InChI=1S/C8H5.K.H/c1-2-8-6-4-3-5-7-8;;/h3-7H;;. The third kappa shape index (κ3) is 3.19. The molecule has 0 aliphatic carbocycles. The van der Waals surface area contributed by atoms with Gasteiger partial charge in [-0.3, -0.25) is 0 Å². The Bertz CT molecular complexity index is 196. The van der Waals surface area contributed by atoms with Crippen LogP contribution in [0.2, 0.25) is 0 Å². The number of benzene rings is 1. The van der Waals surface area contributed by atoms with E-state index in [4.69, 9.17) is 6.42 Å². The van der Waals surface area contributed by atoms with Crippen LogP contribution in [0, 0.1) is 12.3 Å². The van der Waals surface area contributed by atoms with Crippen molar-refractivity contribution in [3.05, 3.63) is 42.3 Å². The van der Waals surface area contributed by atoms with Gasteiger partial charge in [0, 0.05) is 5.56 Å². The van der Waals surface area contributed by atoms with Crippen LogP contribution in [0.25, 0.3) is 0 Å². The maximum absolute atomic E-state index is 6.69. The van der Waals surface area contributed by atoms with Gasteiger partial charge in [0.15, 0.2) is 0 Å².